The predicted molar refractivity (Wildman–Crippen MR) is 95.2 cm³/mol. The van der Waals surface area contributed by atoms with E-state index >= 15 is 0 Å². The highest BCUT2D eigenvalue weighted by Gasteiger charge is 2.17. The SMILES string of the molecule is CCC(=O)Nc1ccccc1COc1cc(C)c(CC)cc1C(F)F. The number of halogens is 2. The molecular formula is C20H23F2NO2. The standard InChI is InChI=1S/C20H23F2NO2/c1-4-14-11-16(20(21)22)18(10-13(14)3)25-12-15-8-6-7-9-17(15)23-19(24)5-2/h6-11,20H,4-5,12H2,1-3H3,(H,23,24). The third-order valence-corrected chi connectivity index (χ3v) is 4.08. The first-order valence-corrected chi connectivity index (χ1v) is 8.38. The van der Waals surface area contributed by atoms with Crippen LogP contribution in [0.15, 0.2) is 36.4 Å². The summed E-state index contributed by atoms with van der Waals surface area (Å²) in [4.78, 5) is 11.6. The molecule has 0 bridgehead atoms. The van der Waals surface area contributed by atoms with Crippen molar-refractivity contribution in [3.05, 3.63) is 58.7 Å². The van der Waals surface area contributed by atoms with Crippen LogP contribution in [0.4, 0.5) is 14.5 Å². The largest absolute Gasteiger partial charge is 0.488 e. The van der Waals surface area contributed by atoms with E-state index in [0.29, 0.717) is 18.5 Å². The molecule has 0 unspecified atom stereocenters. The summed E-state index contributed by atoms with van der Waals surface area (Å²) < 4.78 is 32.4. The van der Waals surface area contributed by atoms with E-state index in [2.05, 4.69) is 5.32 Å². The third-order valence-electron chi connectivity index (χ3n) is 4.08. The smallest absolute Gasteiger partial charge is 0.267 e. The van der Waals surface area contributed by atoms with Crippen LogP contribution in [-0.2, 0) is 17.8 Å². The van der Waals surface area contributed by atoms with Gasteiger partial charge in [-0.05, 0) is 42.7 Å². The molecule has 0 atom stereocenters. The lowest BCUT2D eigenvalue weighted by Gasteiger charge is -2.16. The number of nitrogens with one attached hydrogen (secondary N) is 1. The van der Waals surface area contributed by atoms with Crippen LogP contribution in [0.25, 0.3) is 0 Å². The van der Waals surface area contributed by atoms with Gasteiger partial charge in [0.05, 0.1) is 5.56 Å². The van der Waals surface area contributed by atoms with Gasteiger partial charge in [0.1, 0.15) is 12.4 Å². The number of hydrogen-bond acceptors (Lipinski definition) is 2. The molecule has 0 saturated carbocycles. The summed E-state index contributed by atoms with van der Waals surface area (Å²) in [7, 11) is 0. The van der Waals surface area contributed by atoms with Crippen LogP contribution >= 0.6 is 0 Å². The van der Waals surface area contributed by atoms with E-state index in [1.165, 1.54) is 6.07 Å². The summed E-state index contributed by atoms with van der Waals surface area (Å²) in [5.74, 6) is 0.0742. The topological polar surface area (TPSA) is 38.3 Å². The molecule has 5 heteroatoms. The van der Waals surface area contributed by atoms with Crippen molar-refractivity contribution in [1.82, 2.24) is 0 Å². The second-order valence-corrected chi connectivity index (χ2v) is 5.82. The van der Waals surface area contributed by atoms with Gasteiger partial charge in [0, 0.05) is 17.7 Å². The molecule has 0 aromatic heterocycles. The zero-order valence-corrected chi connectivity index (χ0v) is 14.7. The fourth-order valence-corrected chi connectivity index (χ4v) is 2.58. The Balaban J connectivity index is 2.24. The zero-order valence-electron chi connectivity index (χ0n) is 14.7. The van der Waals surface area contributed by atoms with Crippen molar-refractivity contribution in [2.45, 2.75) is 46.6 Å². The van der Waals surface area contributed by atoms with Crippen LogP contribution in [0.3, 0.4) is 0 Å². The van der Waals surface area contributed by atoms with E-state index in [-0.39, 0.29) is 23.8 Å². The van der Waals surface area contributed by atoms with Crippen LogP contribution in [0.1, 0.15) is 48.9 Å². The Bertz CT molecular complexity index is 744. The maximum atomic E-state index is 13.4. The molecule has 0 fully saturated rings. The van der Waals surface area contributed by atoms with Crippen molar-refractivity contribution in [3.63, 3.8) is 0 Å². The summed E-state index contributed by atoms with van der Waals surface area (Å²) in [5, 5.41) is 2.80. The molecular weight excluding hydrogens is 324 g/mol. The summed E-state index contributed by atoms with van der Waals surface area (Å²) in [5.41, 5.74) is 3.09. The first kappa shape index (κ1) is 18.9. The van der Waals surface area contributed by atoms with E-state index < -0.39 is 6.43 Å². The Morgan fingerprint density at radius 2 is 1.88 bits per heavy atom. The van der Waals surface area contributed by atoms with Crippen molar-refractivity contribution < 1.29 is 18.3 Å². The van der Waals surface area contributed by atoms with Gasteiger partial charge in [0.25, 0.3) is 6.43 Å². The molecule has 2 aromatic carbocycles. The van der Waals surface area contributed by atoms with Crippen molar-refractivity contribution in [2.75, 3.05) is 5.32 Å². The maximum absolute atomic E-state index is 13.4. The number of benzene rings is 2. The number of carbonyl (C=O) groups excluding carboxylic acids is 1. The number of amides is 1. The van der Waals surface area contributed by atoms with Crippen molar-refractivity contribution in [3.8, 4) is 5.75 Å². The minimum absolute atomic E-state index is 0.0995. The first-order chi connectivity index (χ1) is 12.0. The fourth-order valence-electron chi connectivity index (χ4n) is 2.58. The van der Waals surface area contributed by atoms with E-state index in [1.807, 2.05) is 19.9 Å². The molecule has 2 aromatic rings. The molecule has 1 amide bonds. The third kappa shape index (κ3) is 4.78. The van der Waals surface area contributed by atoms with Crippen LogP contribution < -0.4 is 10.1 Å². The monoisotopic (exact) mass is 347 g/mol. The Morgan fingerprint density at radius 1 is 1.16 bits per heavy atom. The number of ether oxygens (including phenoxy) is 1. The Kier molecular flexibility index (Phi) is 6.51. The first-order valence-electron chi connectivity index (χ1n) is 8.38. The van der Waals surface area contributed by atoms with E-state index in [4.69, 9.17) is 4.74 Å². The molecule has 1 N–H and O–H groups in total. The lowest BCUT2D eigenvalue weighted by atomic mass is 10.0. The number of aryl methyl sites for hydroxylation is 2. The van der Waals surface area contributed by atoms with Crippen molar-refractivity contribution >= 4 is 11.6 Å². The maximum Gasteiger partial charge on any atom is 0.267 e. The van der Waals surface area contributed by atoms with Crippen LogP contribution in [0.2, 0.25) is 0 Å². The number of hydrogen-bond donors (Lipinski definition) is 1. The average Bonchev–Trinajstić information content (AvgIpc) is 2.60. The molecule has 134 valence electrons. The molecule has 25 heavy (non-hydrogen) atoms. The van der Waals surface area contributed by atoms with Crippen LogP contribution in [0, 0.1) is 6.92 Å². The molecule has 0 aliphatic carbocycles. The number of carbonyl (C=O) groups is 1. The molecule has 0 heterocycles. The number of alkyl halides is 2. The normalized spacial score (nSPS) is 10.8. The fraction of sp³-hybridized carbons (Fsp3) is 0.350. The van der Waals surface area contributed by atoms with Gasteiger partial charge in [-0.1, -0.05) is 32.0 Å². The number of rotatable bonds is 7. The minimum Gasteiger partial charge on any atom is -0.488 e. The average molecular weight is 347 g/mol. The second-order valence-electron chi connectivity index (χ2n) is 5.82. The van der Waals surface area contributed by atoms with Crippen LogP contribution in [-0.4, -0.2) is 5.91 Å². The zero-order chi connectivity index (χ0) is 18.4. The Morgan fingerprint density at radius 3 is 2.52 bits per heavy atom. The molecule has 0 radical (unpaired) electrons. The lowest BCUT2D eigenvalue weighted by Crippen LogP contribution is -2.12. The summed E-state index contributed by atoms with van der Waals surface area (Å²) in [6.45, 7) is 5.69. The molecule has 2 rings (SSSR count). The minimum atomic E-state index is -2.60. The van der Waals surface area contributed by atoms with Gasteiger partial charge in [-0.3, -0.25) is 4.79 Å². The highest BCUT2D eigenvalue weighted by Crippen LogP contribution is 2.33. The van der Waals surface area contributed by atoms with Crippen molar-refractivity contribution in [1.29, 1.82) is 0 Å². The van der Waals surface area contributed by atoms with Gasteiger partial charge < -0.3 is 10.1 Å². The Labute approximate surface area is 147 Å². The summed E-state index contributed by atoms with van der Waals surface area (Å²) in [6.07, 6.45) is -1.55. The second kappa shape index (κ2) is 8.60. The number of para-hydroxylation sites is 1. The predicted octanol–water partition coefficient (Wildman–Crippen LogP) is 5.42. The molecule has 0 saturated heterocycles. The van der Waals surface area contributed by atoms with Gasteiger partial charge in [-0.15, -0.1) is 0 Å². The Hall–Kier alpha value is -2.43. The van der Waals surface area contributed by atoms with E-state index in [1.54, 1.807) is 31.2 Å². The van der Waals surface area contributed by atoms with Gasteiger partial charge in [0.15, 0.2) is 0 Å². The van der Waals surface area contributed by atoms with Gasteiger partial charge in [-0.2, -0.15) is 0 Å². The van der Waals surface area contributed by atoms with E-state index in [9.17, 15) is 13.6 Å². The van der Waals surface area contributed by atoms with Gasteiger partial charge in [0.2, 0.25) is 5.91 Å². The van der Waals surface area contributed by atoms with E-state index in [0.717, 1.165) is 16.7 Å². The molecule has 0 spiro atoms. The van der Waals surface area contributed by atoms with Gasteiger partial charge in [-0.25, -0.2) is 8.78 Å². The lowest BCUT2D eigenvalue weighted by molar-refractivity contribution is -0.115. The van der Waals surface area contributed by atoms with Gasteiger partial charge >= 0.3 is 0 Å². The van der Waals surface area contributed by atoms with Crippen LogP contribution in [0.5, 0.6) is 5.75 Å². The highest BCUT2D eigenvalue weighted by atomic mass is 19.3. The molecule has 3 nitrogen and oxygen atoms in total. The molecule has 0 aliphatic heterocycles. The molecule has 0 aliphatic rings. The number of anilines is 1. The quantitative estimate of drug-likeness (QED) is 0.726. The highest BCUT2D eigenvalue weighted by molar-refractivity contribution is 5.91. The summed E-state index contributed by atoms with van der Waals surface area (Å²) in [6, 6.07) is 10.4. The summed E-state index contributed by atoms with van der Waals surface area (Å²) >= 11 is 0. The van der Waals surface area contributed by atoms with Crippen molar-refractivity contribution in [2.24, 2.45) is 0 Å².